The highest BCUT2D eigenvalue weighted by molar-refractivity contribution is 7.80. The van der Waals surface area contributed by atoms with Gasteiger partial charge >= 0.3 is 0 Å². The average molecular weight is 282 g/mol. The zero-order chi connectivity index (χ0) is 14.1. The summed E-state index contributed by atoms with van der Waals surface area (Å²) in [5.41, 5.74) is 5.07. The molecule has 0 saturated carbocycles. The van der Waals surface area contributed by atoms with Gasteiger partial charge in [-0.1, -0.05) is 59.7 Å². The number of nitrogens with one attached hydrogen (secondary N) is 2. The summed E-state index contributed by atoms with van der Waals surface area (Å²) in [5.74, 6) is 0. The van der Waals surface area contributed by atoms with Gasteiger partial charge in [0.1, 0.15) is 0 Å². The van der Waals surface area contributed by atoms with E-state index in [0.29, 0.717) is 0 Å². The van der Waals surface area contributed by atoms with Crippen molar-refractivity contribution in [1.29, 1.82) is 0 Å². The first-order chi connectivity index (χ1) is 9.63. The Labute approximate surface area is 125 Å². The summed E-state index contributed by atoms with van der Waals surface area (Å²) >= 11 is 5.32. The lowest BCUT2D eigenvalue weighted by Gasteiger charge is -2.20. The molecule has 1 fully saturated rings. The molecule has 1 heterocycles. The molecule has 0 aliphatic carbocycles. The highest BCUT2D eigenvalue weighted by Gasteiger charge is 2.31. The van der Waals surface area contributed by atoms with Crippen LogP contribution in [0.15, 0.2) is 48.5 Å². The van der Waals surface area contributed by atoms with Crippen LogP contribution < -0.4 is 10.6 Å². The van der Waals surface area contributed by atoms with Gasteiger partial charge in [-0.15, -0.1) is 0 Å². The highest BCUT2D eigenvalue weighted by atomic mass is 32.1. The Morgan fingerprint density at radius 1 is 0.800 bits per heavy atom. The van der Waals surface area contributed by atoms with Crippen LogP contribution in [0.1, 0.15) is 34.3 Å². The van der Waals surface area contributed by atoms with Gasteiger partial charge in [-0.3, -0.25) is 0 Å². The van der Waals surface area contributed by atoms with E-state index >= 15 is 0 Å². The van der Waals surface area contributed by atoms with Crippen LogP contribution in [-0.2, 0) is 0 Å². The van der Waals surface area contributed by atoms with Crippen molar-refractivity contribution >= 4 is 17.3 Å². The molecule has 2 nitrogen and oxygen atoms in total. The third-order valence-corrected chi connectivity index (χ3v) is 3.94. The van der Waals surface area contributed by atoms with Crippen LogP contribution >= 0.6 is 12.2 Å². The topological polar surface area (TPSA) is 24.1 Å². The van der Waals surface area contributed by atoms with Crippen molar-refractivity contribution in [3.05, 3.63) is 70.8 Å². The lowest BCUT2D eigenvalue weighted by atomic mass is 9.93. The Balaban J connectivity index is 1.99. The molecule has 3 rings (SSSR count). The van der Waals surface area contributed by atoms with Gasteiger partial charge in [0, 0.05) is 0 Å². The van der Waals surface area contributed by atoms with E-state index in [1.54, 1.807) is 0 Å². The summed E-state index contributed by atoms with van der Waals surface area (Å²) in [5, 5.41) is 7.50. The summed E-state index contributed by atoms with van der Waals surface area (Å²) in [6.07, 6.45) is 0. The molecule has 1 aliphatic heterocycles. The van der Waals surface area contributed by atoms with Gasteiger partial charge in [0.2, 0.25) is 0 Å². The summed E-state index contributed by atoms with van der Waals surface area (Å²) in [7, 11) is 0. The van der Waals surface area contributed by atoms with Gasteiger partial charge < -0.3 is 10.6 Å². The lowest BCUT2D eigenvalue weighted by Crippen LogP contribution is -2.21. The zero-order valence-corrected chi connectivity index (χ0v) is 12.5. The fourth-order valence-corrected chi connectivity index (χ4v) is 3.02. The number of hydrogen-bond acceptors (Lipinski definition) is 1. The van der Waals surface area contributed by atoms with Crippen LogP contribution in [0.3, 0.4) is 0 Å². The first-order valence-electron chi connectivity index (χ1n) is 6.83. The second-order valence-electron chi connectivity index (χ2n) is 5.40. The third kappa shape index (κ3) is 2.54. The predicted molar refractivity (Wildman–Crippen MR) is 86.7 cm³/mol. The van der Waals surface area contributed by atoms with Crippen LogP contribution in [0.4, 0.5) is 0 Å². The number of rotatable bonds is 2. The van der Waals surface area contributed by atoms with Gasteiger partial charge in [0.25, 0.3) is 0 Å². The van der Waals surface area contributed by atoms with Crippen LogP contribution in [-0.4, -0.2) is 5.11 Å². The molecule has 2 aromatic rings. The van der Waals surface area contributed by atoms with E-state index in [0.717, 1.165) is 5.11 Å². The number of thiocarbonyl (C=S) groups is 1. The maximum Gasteiger partial charge on any atom is 0.167 e. The van der Waals surface area contributed by atoms with Gasteiger partial charge in [-0.25, -0.2) is 0 Å². The van der Waals surface area contributed by atoms with Crippen LogP contribution in [0.2, 0.25) is 0 Å². The van der Waals surface area contributed by atoms with Crippen LogP contribution in [0.25, 0.3) is 0 Å². The average Bonchev–Trinajstić information content (AvgIpc) is 2.81. The molecular formula is C17H18N2S. The second kappa shape index (κ2) is 5.25. The number of aryl methyl sites for hydroxylation is 2. The molecule has 1 aliphatic rings. The van der Waals surface area contributed by atoms with E-state index < -0.39 is 0 Å². The molecule has 0 aromatic heterocycles. The van der Waals surface area contributed by atoms with E-state index in [1.807, 2.05) is 0 Å². The minimum atomic E-state index is 0.184. The minimum absolute atomic E-state index is 0.184. The summed E-state index contributed by atoms with van der Waals surface area (Å²) < 4.78 is 0. The molecule has 3 heteroatoms. The smallest absolute Gasteiger partial charge is 0.167 e. The van der Waals surface area contributed by atoms with E-state index in [9.17, 15) is 0 Å². The second-order valence-corrected chi connectivity index (χ2v) is 5.81. The Morgan fingerprint density at radius 3 is 1.65 bits per heavy atom. The van der Waals surface area contributed by atoms with Crippen molar-refractivity contribution in [2.45, 2.75) is 25.9 Å². The number of hydrogen-bond donors (Lipinski definition) is 2. The molecule has 2 unspecified atom stereocenters. The maximum absolute atomic E-state index is 5.32. The molecular weight excluding hydrogens is 264 g/mol. The molecule has 0 bridgehead atoms. The minimum Gasteiger partial charge on any atom is -0.353 e. The Hall–Kier alpha value is -1.87. The lowest BCUT2D eigenvalue weighted by molar-refractivity contribution is 0.553. The molecule has 2 aromatic carbocycles. The first-order valence-corrected chi connectivity index (χ1v) is 7.24. The third-order valence-electron chi connectivity index (χ3n) is 3.71. The van der Waals surface area contributed by atoms with Crippen molar-refractivity contribution in [3.63, 3.8) is 0 Å². The van der Waals surface area contributed by atoms with E-state index in [-0.39, 0.29) is 12.1 Å². The van der Waals surface area contributed by atoms with Gasteiger partial charge in [0.05, 0.1) is 12.1 Å². The van der Waals surface area contributed by atoms with E-state index in [2.05, 4.69) is 73.0 Å². The molecule has 0 amide bonds. The fourth-order valence-electron chi connectivity index (χ4n) is 2.77. The Bertz CT molecular complexity index is 595. The first kappa shape index (κ1) is 13.1. The molecule has 102 valence electrons. The summed E-state index contributed by atoms with van der Waals surface area (Å²) in [6, 6.07) is 17.5. The zero-order valence-electron chi connectivity index (χ0n) is 11.7. The van der Waals surface area contributed by atoms with Crippen molar-refractivity contribution in [2.24, 2.45) is 0 Å². The predicted octanol–water partition coefficient (Wildman–Crippen LogP) is 3.56. The molecule has 20 heavy (non-hydrogen) atoms. The van der Waals surface area contributed by atoms with Gasteiger partial charge in [0.15, 0.2) is 5.11 Å². The monoisotopic (exact) mass is 282 g/mol. The molecule has 2 N–H and O–H groups in total. The number of benzene rings is 2. The molecule has 0 radical (unpaired) electrons. The summed E-state index contributed by atoms with van der Waals surface area (Å²) in [4.78, 5) is 0. The van der Waals surface area contributed by atoms with E-state index in [4.69, 9.17) is 12.2 Å². The Morgan fingerprint density at radius 2 is 1.25 bits per heavy atom. The van der Waals surface area contributed by atoms with Crippen molar-refractivity contribution in [3.8, 4) is 0 Å². The molecule has 2 atom stereocenters. The van der Waals surface area contributed by atoms with E-state index in [1.165, 1.54) is 22.3 Å². The Kier molecular flexibility index (Phi) is 3.45. The maximum atomic E-state index is 5.32. The standard InChI is InChI=1S/C17H18N2S/c1-11-5-3-7-13(9-11)15-16(19-17(20)18-15)14-8-4-6-12(2)10-14/h3-10,15-16H,1-2H3,(H2,18,19,20). The SMILES string of the molecule is Cc1cccc(C2NC(=S)NC2c2cccc(C)c2)c1. The van der Waals surface area contributed by atoms with Gasteiger partial charge in [-0.2, -0.15) is 0 Å². The van der Waals surface area contributed by atoms with Gasteiger partial charge in [-0.05, 0) is 37.2 Å². The largest absolute Gasteiger partial charge is 0.353 e. The van der Waals surface area contributed by atoms with Crippen LogP contribution in [0, 0.1) is 13.8 Å². The van der Waals surface area contributed by atoms with Crippen molar-refractivity contribution < 1.29 is 0 Å². The normalized spacial score (nSPS) is 21.4. The quantitative estimate of drug-likeness (QED) is 0.824. The molecule has 0 spiro atoms. The molecule has 1 saturated heterocycles. The van der Waals surface area contributed by atoms with Crippen molar-refractivity contribution in [2.75, 3.05) is 0 Å². The van der Waals surface area contributed by atoms with Crippen molar-refractivity contribution in [1.82, 2.24) is 10.6 Å². The van der Waals surface area contributed by atoms with Crippen LogP contribution in [0.5, 0.6) is 0 Å². The fraction of sp³-hybridized carbons (Fsp3) is 0.235. The summed E-state index contributed by atoms with van der Waals surface area (Å²) in [6.45, 7) is 4.23. The highest BCUT2D eigenvalue weighted by Crippen LogP contribution is 2.33.